The van der Waals surface area contributed by atoms with Gasteiger partial charge in [-0.05, 0) is 44.0 Å². The monoisotopic (exact) mass is 327 g/mol. The van der Waals surface area contributed by atoms with Crippen LogP contribution in [-0.4, -0.2) is 34.0 Å². The van der Waals surface area contributed by atoms with Gasteiger partial charge in [0.15, 0.2) is 0 Å². The van der Waals surface area contributed by atoms with Crippen molar-refractivity contribution in [2.75, 3.05) is 19.0 Å². The Bertz CT molecular complexity index is 639. The van der Waals surface area contributed by atoms with Crippen LogP contribution >= 0.6 is 0 Å². The minimum Gasteiger partial charge on any atom is -0.495 e. The highest BCUT2D eigenvalue weighted by molar-refractivity contribution is 7.89. The van der Waals surface area contributed by atoms with Gasteiger partial charge in [0, 0.05) is 12.5 Å². The van der Waals surface area contributed by atoms with Gasteiger partial charge in [-0.3, -0.25) is 4.79 Å². The van der Waals surface area contributed by atoms with Crippen molar-refractivity contribution in [1.29, 1.82) is 0 Å². The number of nitrogens with two attached hydrogens (primary N) is 1. The standard InChI is InChI=1S/C14H21N3O4S/c1-21-13-6-5-11(22(15,19)20)9-12(13)17-14(18)7-4-10-3-2-8-16-10/h5-6,9-10,16H,2-4,7-8H2,1H3,(H,17,18)(H2,15,19,20). The minimum absolute atomic E-state index is 0.0685. The minimum atomic E-state index is -3.83. The molecule has 0 radical (unpaired) electrons. The number of benzene rings is 1. The third kappa shape index (κ3) is 4.43. The van der Waals surface area contributed by atoms with Crippen molar-refractivity contribution in [3.05, 3.63) is 18.2 Å². The molecular weight excluding hydrogens is 306 g/mol. The first-order valence-electron chi connectivity index (χ1n) is 7.14. The second-order valence-electron chi connectivity index (χ2n) is 5.29. The highest BCUT2D eigenvalue weighted by atomic mass is 32.2. The molecule has 122 valence electrons. The summed E-state index contributed by atoms with van der Waals surface area (Å²) in [6, 6.07) is 4.49. The third-order valence-electron chi connectivity index (χ3n) is 3.66. The molecule has 1 aromatic rings. The Morgan fingerprint density at radius 3 is 2.86 bits per heavy atom. The Labute approximate surface area is 130 Å². The zero-order valence-corrected chi connectivity index (χ0v) is 13.3. The zero-order chi connectivity index (χ0) is 16.2. The summed E-state index contributed by atoms with van der Waals surface area (Å²) in [5, 5.41) is 11.1. The summed E-state index contributed by atoms with van der Waals surface area (Å²) in [4.78, 5) is 12.0. The normalized spacial score (nSPS) is 18.2. The van der Waals surface area contributed by atoms with Gasteiger partial charge in [0.2, 0.25) is 15.9 Å². The molecule has 1 aliphatic rings. The largest absolute Gasteiger partial charge is 0.495 e. The number of carbonyl (C=O) groups excluding carboxylic acids is 1. The van der Waals surface area contributed by atoms with Crippen molar-refractivity contribution in [2.24, 2.45) is 5.14 Å². The number of primary sulfonamides is 1. The lowest BCUT2D eigenvalue weighted by atomic mass is 10.1. The number of methoxy groups -OCH3 is 1. The number of hydrogen-bond donors (Lipinski definition) is 3. The van der Waals surface area contributed by atoms with Gasteiger partial charge in [-0.2, -0.15) is 0 Å². The Morgan fingerprint density at radius 1 is 1.50 bits per heavy atom. The molecule has 1 atom stereocenters. The van der Waals surface area contributed by atoms with Crippen LogP contribution in [-0.2, 0) is 14.8 Å². The molecule has 8 heteroatoms. The van der Waals surface area contributed by atoms with Crippen LogP contribution in [0.4, 0.5) is 5.69 Å². The van der Waals surface area contributed by atoms with Crippen LogP contribution in [0, 0.1) is 0 Å². The summed E-state index contributed by atoms with van der Waals surface area (Å²) in [5.74, 6) is 0.207. The van der Waals surface area contributed by atoms with Gasteiger partial charge in [-0.15, -0.1) is 0 Å². The number of anilines is 1. The molecule has 1 aliphatic heterocycles. The van der Waals surface area contributed by atoms with Crippen LogP contribution in [0.15, 0.2) is 23.1 Å². The molecule has 2 rings (SSSR count). The average Bonchev–Trinajstić information content (AvgIpc) is 2.97. The summed E-state index contributed by atoms with van der Waals surface area (Å²) in [7, 11) is -2.38. The number of sulfonamides is 1. The molecule has 0 bridgehead atoms. The van der Waals surface area contributed by atoms with Crippen LogP contribution in [0.2, 0.25) is 0 Å². The van der Waals surface area contributed by atoms with Crippen LogP contribution in [0.3, 0.4) is 0 Å². The van der Waals surface area contributed by atoms with E-state index in [-0.39, 0.29) is 10.8 Å². The van der Waals surface area contributed by atoms with E-state index in [2.05, 4.69) is 10.6 Å². The van der Waals surface area contributed by atoms with E-state index in [4.69, 9.17) is 9.88 Å². The third-order valence-corrected chi connectivity index (χ3v) is 4.57. The van der Waals surface area contributed by atoms with E-state index in [1.807, 2.05) is 0 Å². The van der Waals surface area contributed by atoms with Crippen molar-refractivity contribution in [1.82, 2.24) is 5.32 Å². The first-order chi connectivity index (χ1) is 10.4. The van der Waals surface area contributed by atoms with Crippen LogP contribution in [0.1, 0.15) is 25.7 Å². The van der Waals surface area contributed by atoms with Gasteiger partial charge >= 0.3 is 0 Å². The predicted octanol–water partition coefficient (Wildman–Crippen LogP) is 0.813. The van der Waals surface area contributed by atoms with E-state index < -0.39 is 10.0 Å². The molecule has 0 saturated carbocycles. The topological polar surface area (TPSA) is 111 Å². The molecule has 1 heterocycles. The summed E-state index contributed by atoms with van der Waals surface area (Å²) in [6.45, 7) is 0.997. The van der Waals surface area contributed by atoms with E-state index >= 15 is 0 Å². The van der Waals surface area contributed by atoms with Gasteiger partial charge in [0.05, 0.1) is 17.7 Å². The van der Waals surface area contributed by atoms with Crippen molar-refractivity contribution < 1.29 is 17.9 Å². The summed E-state index contributed by atoms with van der Waals surface area (Å²) >= 11 is 0. The molecule has 1 amide bonds. The fourth-order valence-corrected chi connectivity index (χ4v) is 3.02. The maximum absolute atomic E-state index is 12.0. The van der Waals surface area contributed by atoms with Crippen molar-refractivity contribution >= 4 is 21.6 Å². The Hall–Kier alpha value is -1.64. The Kier molecular flexibility index (Phi) is 5.38. The van der Waals surface area contributed by atoms with E-state index in [1.54, 1.807) is 0 Å². The average molecular weight is 327 g/mol. The van der Waals surface area contributed by atoms with E-state index in [1.165, 1.54) is 25.3 Å². The molecule has 0 aliphatic carbocycles. The lowest BCUT2D eigenvalue weighted by molar-refractivity contribution is -0.116. The lowest BCUT2D eigenvalue weighted by Crippen LogP contribution is -2.23. The molecule has 22 heavy (non-hydrogen) atoms. The van der Waals surface area contributed by atoms with Crippen molar-refractivity contribution in [3.8, 4) is 5.75 Å². The van der Waals surface area contributed by atoms with Crippen LogP contribution in [0.25, 0.3) is 0 Å². The van der Waals surface area contributed by atoms with Gasteiger partial charge < -0.3 is 15.4 Å². The molecule has 1 aromatic carbocycles. The highest BCUT2D eigenvalue weighted by Gasteiger charge is 2.17. The maximum Gasteiger partial charge on any atom is 0.238 e. The van der Waals surface area contributed by atoms with Crippen LogP contribution in [0.5, 0.6) is 5.75 Å². The number of nitrogens with one attached hydrogen (secondary N) is 2. The molecule has 1 saturated heterocycles. The SMILES string of the molecule is COc1ccc(S(N)(=O)=O)cc1NC(=O)CCC1CCCN1. The zero-order valence-electron chi connectivity index (χ0n) is 12.5. The van der Waals surface area contributed by atoms with E-state index in [0.717, 1.165) is 25.8 Å². The fourth-order valence-electron chi connectivity index (χ4n) is 2.48. The Balaban J connectivity index is 2.04. The smallest absolute Gasteiger partial charge is 0.238 e. The summed E-state index contributed by atoms with van der Waals surface area (Å²) < 4.78 is 27.9. The fraction of sp³-hybridized carbons (Fsp3) is 0.500. The molecule has 7 nitrogen and oxygen atoms in total. The number of hydrogen-bond acceptors (Lipinski definition) is 5. The molecule has 1 unspecified atom stereocenters. The first-order valence-corrected chi connectivity index (χ1v) is 8.69. The van der Waals surface area contributed by atoms with Crippen molar-refractivity contribution in [2.45, 2.75) is 36.6 Å². The van der Waals surface area contributed by atoms with Crippen LogP contribution < -0.4 is 20.5 Å². The van der Waals surface area contributed by atoms with Crippen molar-refractivity contribution in [3.63, 3.8) is 0 Å². The molecular formula is C14H21N3O4S. The van der Waals surface area contributed by atoms with Gasteiger partial charge in [0.1, 0.15) is 5.75 Å². The predicted molar refractivity (Wildman–Crippen MR) is 83.3 cm³/mol. The number of amides is 1. The highest BCUT2D eigenvalue weighted by Crippen LogP contribution is 2.27. The molecule has 0 aromatic heterocycles. The molecule has 1 fully saturated rings. The second kappa shape index (κ2) is 7.08. The van der Waals surface area contributed by atoms with Gasteiger partial charge in [-0.1, -0.05) is 0 Å². The van der Waals surface area contributed by atoms with Gasteiger partial charge in [0.25, 0.3) is 0 Å². The first kappa shape index (κ1) is 16.7. The quantitative estimate of drug-likeness (QED) is 0.716. The van der Waals surface area contributed by atoms with E-state index in [0.29, 0.717) is 23.9 Å². The number of rotatable bonds is 6. The summed E-state index contributed by atoms with van der Waals surface area (Å²) in [6.07, 6.45) is 3.33. The number of ether oxygens (including phenoxy) is 1. The maximum atomic E-state index is 12.0. The molecule has 4 N–H and O–H groups in total. The van der Waals surface area contributed by atoms with E-state index in [9.17, 15) is 13.2 Å². The lowest BCUT2D eigenvalue weighted by Gasteiger charge is -2.13. The summed E-state index contributed by atoms with van der Waals surface area (Å²) in [5.41, 5.74) is 0.304. The van der Waals surface area contributed by atoms with Gasteiger partial charge in [-0.25, -0.2) is 13.6 Å². The Morgan fingerprint density at radius 2 is 2.27 bits per heavy atom. The number of carbonyl (C=O) groups is 1. The second-order valence-corrected chi connectivity index (χ2v) is 6.85. The molecule has 0 spiro atoms.